The number of hydrogen-bond acceptors (Lipinski definition) is 7. The van der Waals surface area contributed by atoms with Gasteiger partial charge in [-0.05, 0) is 41.6 Å². The quantitative estimate of drug-likeness (QED) is 0.372. The number of aryl methyl sites for hydroxylation is 1. The Hall–Kier alpha value is -3.10. The number of carbonyl (C=O) groups is 1. The van der Waals surface area contributed by atoms with Gasteiger partial charge < -0.3 is 5.11 Å². The monoisotopic (exact) mass is 394 g/mol. The van der Waals surface area contributed by atoms with Crippen LogP contribution in [-0.4, -0.2) is 27.3 Å². The fourth-order valence-corrected chi connectivity index (χ4v) is 4.45. The molecule has 3 aromatic heterocycles. The minimum absolute atomic E-state index is 0.266. The molecule has 1 aromatic carbocycles. The summed E-state index contributed by atoms with van der Waals surface area (Å²) in [5, 5.41) is 15.3. The number of rotatable bonds is 5. The summed E-state index contributed by atoms with van der Waals surface area (Å²) in [5.41, 5.74) is 6.11. The molecule has 4 aromatic rings. The van der Waals surface area contributed by atoms with E-state index in [0.717, 1.165) is 31.1 Å². The zero-order chi connectivity index (χ0) is 18.8. The lowest BCUT2D eigenvalue weighted by molar-refractivity contribution is 0.0697. The van der Waals surface area contributed by atoms with Crippen LogP contribution in [0.2, 0.25) is 0 Å². The highest BCUT2D eigenvalue weighted by atomic mass is 32.1. The fraction of sp³-hybridized carbons (Fsp3) is 0.0526. The molecule has 0 aliphatic carbocycles. The van der Waals surface area contributed by atoms with Gasteiger partial charge in [-0.15, -0.1) is 22.7 Å². The van der Waals surface area contributed by atoms with Crippen molar-refractivity contribution in [3.63, 3.8) is 0 Å². The van der Waals surface area contributed by atoms with Crippen LogP contribution >= 0.6 is 22.7 Å². The third-order valence-corrected chi connectivity index (χ3v) is 6.15. The van der Waals surface area contributed by atoms with Gasteiger partial charge in [-0.2, -0.15) is 5.10 Å². The molecule has 134 valence electrons. The van der Waals surface area contributed by atoms with Gasteiger partial charge in [0.05, 0.1) is 22.0 Å². The molecule has 0 saturated heterocycles. The van der Waals surface area contributed by atoms with Gasteiger partial charge in [0.25, 0.3) is 0 Å². The lowest BCUT2D eigenvalue weighted by Gasteiger charge is -2.00. The molecule has 0 unspecified atom stereocenters. The largest absolute Gasteiger partial charge is 0.478 e. The second-order valence-corrected chi connectivity index (χ2v) is 7.72. The van der Waals surface area contributed by atoms with Crippen molar-refractivity contribution in [2.24, 2.45) is 5.10 Å². The molecule has 0 radical (unpaired) electrons. The summed E-state index contributed by atoms with van der Waals surface area (Å²) in [7, 11) is 0. The summed E-state index contributed by atoms with van der Waals surface area (Å²) in [6, 6.07) is 10.8. The first-order valence-corrected chi connectivity index (χ1v) is 9.73. The molecule has 2 N–H and O–H groups in total. The smallest absolute Gasteiger partial charge is 0.335 e. The van der Waals surface area contributed by atoms with Crippen molar-refractivity contribution in [1.82, 2.24) is 9.97 Å². The summed E-state index contributed by atoms with van der Waals surface area (Å²) in [6.07, 6.45) is 3.27. The SMILES string of the molecule is Cc1c(-c2ccc(C(=O)O)cc2)sc2c(NN=Cc3cccs3)ncnc12. The molecule has 0 spiro atoms. The first-order chi connectivity index (χ1) is 13.1. The van der Waals surface area contributed by atoms with Crippen molar-refractivity contribution in [3.05, 3.63) is 64.1 Å². The van der Waals surface area contributed by atoms with Crippen LogP contribution < -0.4 is 5.43 Å². The molecule has 3 heterocycles. The Labute approximate surface area is 162 Å². The molecule has 8 heteroatoms. The first-order valence-electron chi connectivity index (χ1n) is 8.04. The minimum atomic E-state index is -0.935. The number of nitrogens with zero attached hydrogens (tertiary/aromatic N) is 3. The summed E-state index contributed by atoms with van der Waals surface area (Å²) in [5.74, 6) is -0.287. The van der Waals surface area contributed by atoms with E-state index in [2.05, 4.69) is 20.5 Å². The predicted molar refractivity (Wildman–Crippen MR) is 110 cm³/mol. The maximum absolute atomic E-state index is 11.1. The molecule has 0 aliphatic heterocycles. The van der Waals surface area contributed by atoms with E-state index in [9.17, 15) is 4.79 Å². The molecule has 0 aliphatic rings. The van der Waals surface area contributed by atoms with E-state index < -0.39 is 5.97 Å². The summed E-state index contributed by atoms with van der Waals surface area (Å²) >= 11 is 3.17. The fourth-order valence-electron chi connectivity index (χ4n) is 2.66. The van der Waals surface area contributed by atoms with Crippen LogP contribution in [0.5, 0.6) is 0 Å². The van der Waals surface area contributed by atoms with Gasteiger partial charge in [-0.25, -0.2) is 14.8 Å². The van der Waals surface area contributed by atoms with E-state index in [1.54, 1.807) is 41.0 Å². The van der Waals surface area contributed by atoms with Crippen LogP contribution in [0.15, 0.2) is 53.2 Å². The molecule has 0 fully saturated rings. The molecular weight excluding hydrogens is 380 g/mol. The average molecular weight is 394 g/mol. The Bertz CT molecular complexity index is 1130. The van der Waals surface area contributed by atoms with Crippen molar-refractivity contribution in [2.45, 2.75) is 6.92 Å². The number of nitrogens with one attached hydrogen (secondary N) is 1. The Kier molecular flexibility index (Phi) is 4.66. The van der Waals surface area contributed by atoms with Crippen LogP contribution in [0.3, 0.4) is 0 Å². The van der Waals surface area contributed by atoms with E-state index in [1.165, 1.54) is 6.33 Å². The van der Waals surface area contributed by atoms with Crippen LogP contribution in [0.1, 0.15) is 20.8 Å². The number of anilines is 1. The van der Waals surface area contributed by atoms with Gasteiger partial charge >= 0.3 is 5.97 Å². The van der Waals surface area contributed by atoms with E-state index >= 15 is 0 Å². The van der Waals surface area contributed by atoms with Crippen LogP contribution in [0.25, 0.3) is 20.7 Å². The number of fused-ring (bicyclic) bond motifs is 1. The second kappa shape index (κ2) is 7.26. The van der Waals surface area contributed by atoms with Crippen molar-refractivity contribution in [2.75, 3.05) is 5.43 Å². The van der Waals surface area contributed by atoms with Gasteiger partial charge in [0.1, 0.15) is 6.33 Å². The Morgan fingerprint density at radius 3 is 2.74 bits per heavy atom. The normalized spacial score (nSPS) is 11.3. The molecule has 6 nitrogen and oxygen atoms in total. The lowest BCUT2D eigenvalue weighted by atomic mass is 10.1. The molecule has 0 saturated carbocycles. The Morgan fingerprint density at radius 2 is 2.04 bits per heavy atom. The Morgan fingerprint density at radius 1 is 1.22 bits per heavy atom. The highest BCUT2D eigenvalue weighted by Crippen LogP contribution is 2.39. The average Bonchev–Trinajstić information content (AvgIpc) is 3.31. The maximum Gasteiger partial charge on any atom is 0.335 e. The van der Waals surface area contributed by atoms with Gasteiger partial charge in [0, 0.05) is 9.75 Å². The summed E-state index contributed by atoms with van der Waals surface area (Å²) in [6.45, 7) is 2.00. The van der Waals surface area contributed by atoms with Crippen LogP contribution in [0.4, 0.5) is 5.82 Å². The van der Waals surface area contributed by atoms with Gasteiger partial charge in [0.15, 0.2) is 5.82 Å². The summed E-state index contributed by atoms with van der Waals surface area (Å²) in [4.78, 5) is 21.9. The number of aromatic carboxylic acids is 1. The highest BCUT2D eigenvalue weighted by molar-refractivity contribution is 7.23. The first kappa shape index (κ1) is 17.3. The molecule has 4 rings (SSSR count). The molecule has 0 amide bonds. The van der Waals surface area contributed by atoms with Gasteiger partial charge in [-0.1, -0.05) is 18.2 Å². The minimum Gasteiger partial charge on any atom is -0.478 e. The third kappa shape index (κ3) is 3.44. The highest BCUT2D eigenvalue weighted by Gasteiger charge is 2.15. The second-order valence-electron chi connectivity index (χ2n) is 5.72. The number of benzene rings is 1. The van der Waals surface area contributed by atoms with Crippen molar-refractivity contribution < 1.29 is 9.90 Å². The number of hydrogen-bond donors (Lipinski definition) is 2. The van der Waals surface area contributed by atoms with Crippen LogP contribution in [0, 0.1) is 6.92 Å². The topological polar surface area (TPSA) is 87.5 Å². The van der Waals surface area contributed by atoms with Crippen molar-refractivity contribution in [1.29, 1.82) is 0 Å². The molecular formula is C19H14N4O2S2. The van der Waals surface area contributed by atoms with Gasteiger partial charge in [-0.3, -0.25) is 5.43 Å². The van der Waals surface area contributed by atoms with E-state index in [-0.39, 0.29) is 5.56 Å². The number of hydrazone groups is 1. The number of carboxylic acids is 1. The lowest BCUT2D eigenvalue weighted by Crippen LogP contribution is -1.94. The predicted octanol–water partition coefficient (Wildman–Crippen LogP) is 4.87. The molecule has 27 heavy (non-hydrogen) atoms. The van der Waals surface area contributed by atoms with Crippen molar-refractivity contribution >= 4 is 50.9 Å². The maximum atomic E-state index is 11.1. The van der Waals surface area contributed by atoms with E-state index in [4.69, 9.17) is 5.11 Å². The van der Waals surface area contributed by atoms with E-state index in [1.807, 2.05) is 36.6 Å². The van der Waals surface area contributed by atoms with Crippen LogP contribution in [-0.2, 0) is 0 Å². The molecule has 0 atom stereocenters. The number of thiophene rings is 2. The Balaban J connectivity index is 1.69. The third-order valence-electron chi connectivity index (χ3n) is 4.00. The standard InChI is InChI=1S/C19H14N4O2S2/c1-11-15-17(27-16(11)12-4-6-13(7-5-12)19(24)25)18(21-10-20-15)23-22-9-14-3-2-8-26-14/h2-10H,1H3,(H,24,25)(H,20,21,23). The van der Waals surface area contributed by atoms with Gasteiger partial charge in [0.2, 0.25) is 0 Å². The van der Waals surface area contributed by atoms with E-state index in [0.29, 0.717) is 5.82 Å². The number of carboxylic acid groups (broad SMARTS) is 1. The number of aromatic nitrogens is 2. The molecule has 0 bridgehead atoms. The summed E-state index contributed by atoms with van der Waals surface area (Å²) < 4.78 is 0.913. The van der Waals surface area contributed by atoms with Crippen molar-refractivity contribution in [3.8, 4) is 10.4 Å². The zero-order valence-corrected chi connectivity index (χ0v) is 15.8. The zero-order valence-electron chi connectivity index (χ0n) is 14.2.